The number of anilines is 1. The lowest BCUT2D eigenvalue weighted by atomic mass is 9.95. The van der Waals surface area contributed by atoms with Gasteiger partial charge in [0.15, 0.2) is 0 Å². The molecule has 2 amide bonds. The summed E-state index contributed by atoms with van der Waals surface area (Å²) < 4.78 is 0. The van der Waals surface area contributed by atoms with Gasteiger partial charge >= 0.3 is 0 Å². The van der Waals surface area contributed by atoms with Gasteiger partial charge in [0.2, 0.25) is 11.8 Å². The fourth-order valence-electron chi connectivity index (χ4n) is 3.55. The molecule has 2 aliphatic heterocycles. The van der Waals surface area contributed by atoms with Gasteiger partial charge in [-0.1, -0.05) is 18.2 Å². The van der Waals surface area contributed by atoms with Crippen LogP contribution in [0.15, 0.2) is 30.3 Å². The van der Waals surface area contributed by atoms with Gasteiger partial charge < -0.3 is 15.5 Å². The Hall–Kier alpha value is -1.92. The van der Waals surface area contributed by atoms with E-state index in [-0.39, 0.29) is 17.7 Å². The third kappa shape index (κ3) is 4.80. The lowest BCUT2D eigenvalue weighted by Crippen LogP contribution is -2.54. The first-order valence-electron chi connectivity index (χ1n) is 9.22. The number of hydrogen-bond acceptors (Lipinski definition) is 4. The summed E-state index contributed by atoms with van der Waals surface area (Å²) in [5.41, 5.74) is 0.832. The molecule has 3 rings (SSSR count). The van der Waals surface area contributed by atoms with Gasteiger partial charge in [-0.25, -0.2) is 0 Å². The zero-order chi connectivity index (χ0) is 17.6. The lowest BCUT2D eigenvalue weighted by Gasteiger charge is -2.36. The van der Waals surface area contributed by atoms with Gasteiger partial charge in [-0.3, -0.25) is 14.5 Å². The van der Waals surface area contributed by atoms with Crippen LogP contribution in [0.5, 0.6) is 0 Å². The van der Waals surface area contributed by atoms with Crippen LogP contribution in [0.4, 0.5) is 5.69 Å². The molecule has 2 aliphatic rings. The second kappa shape index (κ2) is 8.45. The summed E-state index contributed by atoms with van der Waals surface area (Å²) in [5.74, 6) is 0.243. The average molecular weight is 344 g/mol. The monoisotopic (exact) mass is 344 g/mol. The normalized spacial score (nSPS) is 22.6. The van der Waals surface area contributed by atoms with Crippen LogP contribution < -0.4 is 10.6 Å². The van der Waals surface area contributed by atoms with Crippen molar-refractivity contribution in [3.8, 4) is 0 Å². The molecule has 6 nitrogen and oxygen atoms in total. The van der Waals surface area contributed by atoms with Gasteiger partial charge in [0.05, 0.1) is 6.54 Å². The van der Waals surface area contributed by atoms with Crippen LogP contribution in [-0.2, 0) is 9.59 Å². The molecule has 2 fully saturated rings. The second-order valence-corrected chi connectivity index (χ2v) is 7.03. The van der Waals surface area contributed by atoms with Crippen LogP contribution >= 0.6 is 0 Å². The highest BCUT2D eigenvalue weighted by molar-refractivity contribution is 5.92. The van der Waals surface area contributed by atoms with E-state index in [9.17, 15) is 9.59 Å². The Labute approximate surface area is 149 Å². The van der Waals surface area contributed by atoms with E-state index in [0.29, 0.717) is 25.7 Å². The van der Waals surface area contributed by atoms with Gasteiger partial charge in [0.25, 0.3) is 0 Å². The van der Waals surface area contributed by atoms with Gasteiger partial charge in [-0.05, 0) is 31.9 Å². The summed E-state index contributed by atoms with van der Waals surface area (Å²) in [4.78, 5) is 29.1. The number of hydrogen-bond donors (Lipinski definition) is 2. The number of nitrogens with zero attached hydrogens (tertiary/aromatic N) is 2. The first kappa shape index (κ1) is 17.9. The molecule has 0 spiro atoms. The average Bonchev–Trinajstić information content (AvgIpc) is 2.64. The van der Waals surface area contributed by atoms with Crippen LogP contribution in [0.3, 0.4) is 0 Å². The predicted molar refractivity (Wildman–Crippen MR) is 98.3 cm³/mol. The molecule has 1 aromatic carbocycles. The van der Waals surface area contributed by atoms with Gasteiger partial charge in [-0.2, -0.15) is 0 Å². The van der Waals surface area contributed by atoms with Crippen molar-refractivity contribution in [3.05, 3.63) is 30.3 Å². The first-order valence-corrected chi connectivity index (χ1v) is 9.22. The minimum Gasteiger partial charge on any atom is -0.342 e. The fourth-order valence-corrected chi connectivity index (χ4v) is 3.55. The van der Waals surface area contributed by atoms with E-state index in [1.54, 1.807) is 0 Å². The molecule has 0 bridgehead atoms. The summed E-state index contributed by atoms with van der Waals surface area (Å²) in [7, 11) is 0. The smallest absolute Gasteiger partial charge is 0.236 e. The predicted octanol–water partition coefficient (Wildman–Crippen LogP) is 1.16. The second-order valence-electron chi connectivity index (χ2n) is 7.03. The quantitative estimate of drug-likeness (QED) is 0.860. The number of piperidine rings is 1. The van der Waals surface area contributed by atoms with E-state index in [1.807, 2.05) is 35.2 Å². The Morgan fingerprint density at radius 2 is 1.88 bits per heavy atom. The summed E-state index contributed by atoms with van der Waals surface area (Å²) >= 11 is 0. The number of rotatable bonds is 4. The number of nitrogens with one attached hydrogen (secondary N) is 2. The Balaban J connectivity index is 1.44. The number of piperazine rings is 1. The zero-order valence-corrected chi connectivity index (χ0v) is 14.9. The fraction of sp³-hybridized carbons (Fsp3) is 0.579. The number of benzene rings is 1. The Bertz CT molecular complexity index is 584. The highest BCUT2D eigenvalue weighted by Crippen LogP contribution is 2.20. The SMILES string of the molecule is C[C@H]1CNCCN1CC(=O)N1CCC(C(=O)Nc2ccccc2)CC1. The molecule has 25 heavy (non-hydrogen) atoms. The van der Waals surface area contributed by atoms with Crippen LogP contribution in [0.1, 0.15) is 19.8 Å². The molecule has 136 valence electrons. The molecule has 2 saturated heterocycles. The van der Waals surface area contributed by atoms with Gasteiger partial charge in [-0.15, -0.1) is 0 Å². The van der Waals surface area contributed by atoms with Gasteiger partial charge in [0.1, 0.15) is 0 Å². The summed E-state index contributed by atoms with van der Waals surface area (Å²) in [6, 6.07) is 9.93. The molecular weight excluding hydrogens is 316 g/mol. The zero-order valence-electron chi connectivity index (χ0n) is 14.9. The van der Waals surface area contributed by atoms with Gasteiger partial charge in [0, 0.05) is 50.4 Å². The standard InChI is InChI=1S/C19H28N4O2/c1-15-13-20-9-12-23(15)14-18(24)22-10-7-16(8-11-22)19(25)21-17-5-3-2-4-6-17/h2-6,15-16,20H,7-14H2,1H3,(H,21,25)/t15-/m0/s1. The van der Waals surface area contributed by atoms with Crippen molar-refractivity contribution in [2.45, 2.75) is 25.8 Å². The van der Waals surface area contributed by atoms with E-state index in [0.717, 1.165) is 38.2 Å². The lowest BCUT2D eigenvalue weighted by molar-refractivity contribution is -0.136. The summed E-state index contributed by atoms with van der Waals surface area (Å²) in [6.45, 7) is 6.79. The molecule has 0 unspecified atom stereocenters. The Kier molecular flexibility index (Phi) is 6.04. The number of carbonyl (C=O) groups excluding carboxylic acids is 2. The molecule has 2 N–H and O–H groups in total. The van der Waals surface area contributed by atoms with Crippen molar-refractivity contribution in [2.75, 3.05) is 44.6 Å². The van der Waals surface area contributed by atoms with Crippen molar-refractivity contribution >= 4 is 17.5 Å². The van der Waals surface area contributed by atoms with Crippen molar-refractivity contribution in [2.24, 2.45) is 5.92 Å². The number of para-hydroxylation sites is 1. The first-order chi connectivity index (χ1) is 12.1. The molecule has 0 radical (unpaired) electrons. The van der Waals surface area contributed by atoms with Crippen LogP contribution in [0.2, 0.25) is 0 Å². The van der Waals surface area contributed by atoms with Crippen molar-refractivity contribution in [3.63, 3.8) is 0 Å². The van der Waals surface area contributed by atoms with Crippen LogP contribution in [0, 0.1) is 5.92 Å². The third-order valence-corrected chi connectivity index (χ3v) is 5.24. The van der Waals surface area contributed by atoms with E-state index in [4.69, 9.17) is 0 Å². The molecule has 6 heteroatoms. The van der Waals surface area contributed by atoms with E-state index < -0.39 is 0 Å². The third-order valence-electron chi connectivity index (χ3n) is 5.24. The van der Waals surface area contributed by atoms with E-state index in [2.05, 4.69) is 22.5 Å². The Morgan fingerprint density at radius 3 is 2.56 bits per heavy atom. The van der Waals surface area contributed by atoms with Crippen molar-refractivity contribution < 1.29 is 9.59 Å². The highest BCUT2D eigenvalue weighted by Gasteiger charge is 2.29. The Morgan fingerprint density at radius 1 is 1.16 bits per heavy atom. The number of amides is 2. The topological polar surface area (TPSA) is 64.7 Å². The number of carbonyl (C=O) groups is 2. The molecule has 0 aromatic heterocycles. The minimum absolute atomic E-state index is 0.0117. The van der Waals surface area contributed by atoms with Crippen molar-refractivity contribution in [1.29, 1.82) is 0 Å². The molecule has 0 aliphatic carbocycles. The molecule has 0 saturated carbocycles. The molecule has 2 heterocycles. The molecule has 1 aromatic rings. The summed E-state index contributed by atoms with van der Waals surface area (Å²) in [6.07, 6.45) is 1.48. The molecule has 1 atom stereocenters. The summed E-state index contributed by atoms with van der Waals surface area (Å²) in [5, 5.41) is 6.31. The largest absolute Gasteiger partial charge is 0.342 e. The van der Waals surface area contributed by atoms with Crippen molar-refractivity contribution in [1.82, 2.24) is 15.1 Å². The van der Waals surface area contributed by atoms with E-state index >= 15 is 0 Å². The minimum atomic E-state index is -0.0117. The maximum atomic E-state index is 12.5. The highest BCUT2D eigenvalue weighted by atomic mass is 16.2. The van der Waals surface area contributed by atoms with Crippen LogP contribution in [-0.4, -0.2) is 66.9 Å². The number of likely N-dealkylation sites (tertiary alicyclic amines) is 1. The maximum absolute atomic E-state index is 12.5. The van der Waals surface area contributed by atoms with Crippen LogP contribution in [0.25, 0.3) is 0 Å². The molecular formula is C19H28N4O2. The van der Waals surface area contributed by atoms with E-state index in [1.165, 1.54) is 0 Å². The maximum Gasteiger partial charge on any atom is 0.236 e.